The molecular weight excluding hydrogens is 384 g/mol. The van der Waals surface area contributed by atoms with Gasteiger partial charge in [-0.15, -0.1) is 6.42 Å². The highest BCUT2D eigenvalue weighted by Crippen LogP contribution is 2.42. The summed E-state index contributed by atoms with van der Waals surface area (Å²) in [6, 6.07) is 18.0. The van der Waals surface area contributed by atoms with Gasteiger partial charge in [0.1, 0.15) is 0 Å². The molecule has 1 fully saturated rings. The van der Waals surface area contributed by atoms with Crippen molar-refractivity contribution in [2.24, 2.45) is 5.41 Å². The van der Waals surface area contributed by atoms with Gasteiger partial charge in [-0.25, -0.2) is 13.1 Å². The van der Waals surface area contributed by atoms with Crippen LogP contribution in [-0.2, 0) is 21.2 Å². The molecule has 0 spiro atoms. The molecule has 0 radical (unpaired) electrons. The third-order valence-corrected chi connectivity index (χ3v) is 6.16. The molecule has 0 aromatic heterocycles. The Bertz CT molecular complexity index is 1010. The second-order valence-electron chi connectivity index (χ2n) is 7.74. The lowest BCUT2D eigenvalue weighted by Crippen LogP contribution is -2.43. The number of sulfonamides is 1. The van der Waals surface area contributed by atoms with E-state index in [-0.39, 0.29) is 18.5 Å². The van der Waals surface area contributed by atoms with E-state index in [1.807, 2.05) is 36.4 Å². The Balaban J connectivity index is 1.86. The van der Waals surface area contributed by atoms with Crippen LogP contribution in [0.25, 0.3) is 11.1 Å². The lowest BCUT2D eigenvalue weighted by atomic mass is 9.78. The molecule has 2 aromatic carbocycles. The Hall–Kier alpha value is -2.62. The Kier molecular flexibility index (Phi) is 6.41. The monoisotopic (exact) mass is 410 g/mol. The molecule has 0 bridgehead atoms. The maximum absolute atomic E-state index is 13.0. The van der Waals surface area contributed by atoms with Crippen molar-refractivity contribution in [1.29, 1.82) is 0 Å². The van der Waals surface area contributed by atoms with E-state index in [2.05, 4.69) is 34.2 Å². The van der Waals surface area contributed by atoms with Crippen LogP contribution in [0, 0.1) is 17.8 Å². The van der Waals surface area contributed by atoms with Crippen molar-refractivity contribution in [2.45, 2.75) is 31.7 Å². The molecule has 2 N–H and O–H groups in total. The van der Waals surface area contributed by atoms with Gasteiger partial charge in [-0.05, 0) is 42.4 Å². The van der Waals surface area contributed by atoms with Crippen molar-refractivity contribution < 1.29 is 13.2 Å². The summed E-state index contributed by atoms with van der Waals surface area (Å²) in [6.45, 7) is 0.162. The average Bonchev–Trinajstić information content (AvgIpc) is 3.08. The molecule has 1 aliphatic rings. The Morgan fingerprint density at radius 2 is 1.90 bits per heavy atom. The summed E-state index contributed by atoms with van der Waals surface area (Å²) >= 11 is 0. The van der Waals surface area contributed by atoms with Crippen LogP contribution in [-0.4, -0.2) is 33.2 Å². The van der Waals surface area contributed by atoms with Crippen LogP contribution in [0.15, 0.2) is 54.6 Å². The molecule has 3 rings (SSSR count). The Morgan fingerprint density at radius 1 is 1.17 bits per heavy atom. The number of hydrogen-bond acceptors (Lipinski definition) is 3. The van der Waals surface area contributed by atoms with Gasteiger partial charge in [0.25, 0.3) is 0 Å². The second-order valence-corrected chi connectivity index (χ2v) is 9.52. The molecule has 1 amide bonds. The predicted molar refractivity (Wildman–Crippen MR) is 115 cm³/mol. The maximum atomic E-state index is 13.0. The normalized spacial score (nSPS) is 21.4. The fraction of sp³-hybridized carbons (Fsp3) is 0.348. The van der Waals surface area contributed by atoms with Gasteiger partial charge < -0.3 is 5.32 Å². The molecular formula is C23H26N2O3S. The number of amides is 1. The third-order valence-electron chi connectivity index (χ3n) is 5.40. The van der Waals surface area contributed by atoms with Crippen molar-refractivity contribution in [1.82, 2.24) is 10.0 Å². The molecule has 5 nitrogen and oxygen atoms in total. The largest absolute Gasteiger partial charge is 0.345 e. The summed E-state index contributed by atoms with van der Waals surface area (Å²) in [6.07, 6.45) is 8.66. The summed E-state index contributed by atoms with van der Waals surface area (Å²) in [5.41, 5.74) is 2.56. The molecule has 1 saturated carbocycles. The van der Waals surface area contributed by atoms with E-state index in [1.54, 1.807) is 0 Å². The van der Waals surface area contributed by atoms with Crippen LogP contribution < -0.4 is 10.0 Å². The van der Waals surface area contributed by atoms with Gasteiger partial charge >= 0.3 is 0 Å². The highest BCUT2D eigenvalue weighted by molar-refractivity contribution is 7.88. The zero-order chi connectivity index (χ0) is 20.9. The molecule has 6 heteroatoms. The zero-order valence-corrected chi connectivity index (χ0v) is 17.3. The van der Waals surface area contributed by atoms with E-state index in [0.29, 0.717) is 25.7 Å². The van der Waals surface area contributed by atoms with E-state index in [1.165, 1.54) is 0 Å². The van der Waals surface area contributed by atoms with Crippen molar-refractivity contribution in [2.75, 3.05) is 12.8 Å². The van der Waals surface area contributed by atoms with Crippen molar-refractivity contribution in [3.8, 4) is 23.5 Å². The summed E-state index contributed by atoms with van der Waals surface area (Å²) in [4.78, 5) is 13.0. The zero-order valence-electron chi connectivity index (χ0n) is 16.5. The first-order chi connectivity index (χ1) is 13.8. The SMILES string of the molecule is C#CCNC(=O)[C@@]1(Cc2cccc(-c3ccccc3)c2)CC[C@H](NS(C)(=O)=O)C1. The van der Waals surface area contributed by atoms with Gasteiger partial charge in [-0.2, -0.15) is 0 Å². The lowest BCUT2D eigenvalue weighted by molar-refractivity contribution is -0.130. The molecule has 2 atom stereocenters. The van der Waals surface area contributed by atoms with E-state index in [4.69, 9.17) is 6.42 Å². The Labute approximate surface area is 173 Å². The first kappa shape index (κ1) is 21.1. The highest BCUT2D eigenvalue weighted by Gasteiger charge is 2.45. The molecule has 0 aliphatic heterocycles. The van der Waals surface area contributed by atoms with Gasteiger partial charge in [-0.3, -0.25) is 4.79 Å². The summed E-state index contributed by atoms with van der Waals surface area (Å²) in [7, 11) is -3.33. The average molecular weight is 411 g/mol. The van der Waals surface area contributed by atoms with Crippen molar-refractivity contribution in [3.05, 3.63) is 60.2 Å². The quantitative estimate of drug-likeness (QED) is 0.689. The topological polar surface area (TPSA) is 75.3 Å². The minimum Gasteiger partial charge on any atom is -0.345 e. The van der Waals surface area contributed by atoms with Crippen LogP contribution in [0.1, 0.15) is 24.8 Å². The van der Waals surface area contributed by atoms with E-state index >= 15 is 0 Å². The number of carbonyl (C=O) groups is 1. The number of rotatable bonds is 7. The van der Waals surface area contributed by atoms with E-state index in [9.17, 15) is 13.2 Å². The molecule has 29 heavy (non-hydrogen) atoms. The van der Waals surface area contributed by atoms with Gasteiger partial charge in [0.05, 0.1) is 18.2 Å². The Morgan fingerprint density at radius 3 is 2.59 bits per heavy atom. The number of nitrogens with one attached hydrogen (secondary N) is 2. The number of benzene rings is 2. The van der Waals surface area contributed by atoms with Crippen LogP contribution in [0.2, 0.25) is 0 Å². The van der Waals surface area contributed by atoms with Gasteiger partial charge in [-0.1, -0.05) is 60.5 Å². The molecule has 0 unspecified atom stereocenters. The minimum atomic E-state index is -3.33. The van der Waals surface area contributed by atoms with Crippen LogP contribution in [0.3, 0.4) is 0 Å². The molecule has 0 heterocycles. The first-order valence-electron chi connectivity index (χ1n) is 9.65. The predicted octanol–water partition coefficient (Wildman–Crippen LogP) is 2.73. The van der Waals surface area contributed by atoms with Gasteiger partial charge in [0.15, 0.2) is 0 Å². The molecule has 2 aromatic rings. The summed E-state index contributed by atoms with van der Waals surface area (Å²) in [5, 5.41) is 2.81. The number of hydrogen-bond donors (Lipinski definition) is 2. The fourth-order valence-electron chi connectivity index (χ4n) is 4.18. The minimum absolute atomic E-state index is 0.113. The first-order valence-corrected chi connectivity index (χ1v) is 11.5. The smallest absolute Gasteiger partial charge is 0.227 e. The molecule has 1 aliphatic carbocycles. The second kappa shape index (κ2) is 8.81. The van der Waals surface area contributed by atoms with Crippen LogP contribution in [0.4, 0.5) is 0 Å². The van der Waals surface area contributed by atoms with E-state index in [0.717, 1.165) is 22.9 Å². The van der Waals surface area contributed by atoms with Gasteiger partial charge in [0.2, 0.25) is 15.9 Å². The highest BCUT2D eigenvalue weighted by atomic mass is 32.2. The molecule has 152 valence electrons. The lowest BCUT2D eigenvalue weighted by Gasteiger charge is -2.28. The summed E-state index contributed by atoms with van der Waals surface area (Å²) in [5.74, 6) is 2.33. The molecule has 0 saturated heterocycles. The van der Waals surface area contributed by atoms with Crippen LogP contribution in [0.5, 0.6) is 0 Å². The van der Waals surface area contributed by atoms with Crippen molar-refractivity contribution >= 4 is 15.9 Å². The van der Waals surface area contributed by atoms with Crippen LogP contribution >= 0.6 is 0 Å². The third kappa shape index (κ3) is 5.47. The van der Waals surface area contributed by atoms with E-state index < -0.39 is 15.4 Å². The summed E-state index contributed by atoms with van der Waals surface area (Å²) < 4.78 is 26.0. The number of terminal acetylenes is 1. The number of carbonyl (C=O) groups excluding carboxylic acids is 1. The van der Waals surface area contributed by atoms with Crippen molar-refractivity contribution in [3.63, 3.8) is 0 Å². The standard InChI is InChI=1S/C23H26N2O3S/c1-3-14-24-22(26)23(13-12-21(17-23)25-29(2,27)28)16-18-8-7-11-20(15-18)19-9-5-4-6-10-19/h1,4-11,15,21,25H,12-14,16-17H2,2H3,(H,24,26)/t21-,23+/m0/s1. The maximum Gasteiger partial charge on any atom is 0.227 e. The fourth-order valence-corrected chi connectivity index (χ4v) is 4.98. The van der Waals surface area contributed by atoms with Gasteiger partial charge in [0, 0.05) is 6.04 Å².